The summed E-state index contributed by atoms with van der Waals surface area (Å²) in [7, 11) is 0. The Balaban J connectivity index is 3.18. The molecule has 0 aromatic heterocycles. The molecule has 0 spiro atoms. The maximum Gasteiger partial charge on any atom is 0.0189 e. The van der Waals surface area contributed by atoms with Crippen LogP contribution in [0.15, 0.2) is 21.9 Å². The van der Waals surface area contributed by atoms with Crippen LogP contribution in [0.5, 0.6) is 0 Å². The van der Waals surface area contributed by atoms with Crippen LogP contribution < -0.4 is 5.73 Å². The first kappa shape index (κ1) is 11.0. The number of benzene rings is 1. The standard InChI is InChI=1S/C10H15NS2/c1-7-4-10(13-3)8(6-11)5-9(7)12-2/h4-5H,6,11H2,1-3H3. The molecule has 0 saturated heterocycles. The van der Waals surface area contributed by atoms with Gasteiger partial charge in [-0.05, 0) is 42.7 Å². The highest BCUT2D eigenvalue weighted by Crippen LogP contribution is 2.28. The van der Waals surface area contributed by atoms with Gasteiger partial charge in [0.25, 0.3) is 0 Å². The van der Waals surface area contributed by atoms with Gasteiger partial charge in [0.15, 0.2) is 0 Å². The molecule has 0 amide bonds. The van der Waals surface area contributed by atoms with Crippen molar-refractivity contribution in [3.63, 3.8) is 0 Å². The topological polar surface area (TPSA) is 26.0 Å². The summed E-state index contributed by atoms with van der Waals surface area (Å²) in [6.07, 6.45) is 4.19. The summed E-state index contributed by atoms with van der Waals surface area (Å²) in [5, 5.41) is 0. The molecule has 1 aromatic carbocycles. The number of nitrogens with two attached hydrogens (primary N) is 1. The summed E-state index contributed by atoms with van der Waals surface area (Å²) in [5.74, 6) is 0. The van der Waals surface area contributed by atoms with Crippen molar-refractivity contribution in [2.75, 3.05) is 12.5 Å². The Kier molecular flexibility index (Phi) is 4.16. The summed E-state index contributed by atoms with van der Waals surface area (Å²) in [5.41, 5.74) is 8.27. The zero-order chi connectivity index (χ0) is 9.84. The van der Waals surface area contributed by atoms with Gasteiger partial charge < -0.3 is 5.73 Å². The molecule has 0 radical (unpaired) electrons. The summed E-state index contributed by atoms with van der Waals surface area (Å²) < 4.78 is 0. The largest absolute Gasteiger partial charge is 0.326 e. The van der Waals surface area contributed by atoms with Gasteiger partial charge in [-0.15, -0.1) is 23.5 Å². The molecule has 2 N–H and O–H groups in total. The average Bonchev–Trinajstić information content (AvgIpc) is 2.17. The number of hydrogen-bond acceptors (Lipinski definition) is 3. The molecular weight excluding hydrogens is 198 g/mol. The van der Waals surface area contributed by atoms with Crippen molar-refractivity contribution in [1.29, 1.82) is 0 Å². The lowest BCUT2D eigenvalue weighted by molar-refractivity contribution is 1.00. The molecule has 0 bridgehead atoms. The van der Waals surface area contributed by atoms with E-state index in [1.165, 1.54) is 20.9 Å². The highest BCUT2D eigenvalue weighted by atomic mass is 32.2. The van der Waals surface area contributed by atoms with Crippen LogP contribution in [-0.4, -0.2) is 12.5 Å². The Labute approximate surface area is 88.5 Å². The lowest BCUT2D eigenvalue weighted by Crippen LogP contribution is -1.99. The molecule has 1 rings (SSSR count). The van der Waals surface area contributed by atoms with E-state index in [0.29, 0.717) is 6.54 Å². The third-order valence-corrected chi connectivity index (χ3v) is 3.72. The van der Waals surface area contributed by atoms with Crippen LogP contribution in [0.4, 0.5) is 0 Å². The fraction of sp³-hybridized carbons (Fsp3) is 0.400. The minimum Gasteiger partial charge on any atom is -0.326 e. The van der Waals surface area contributed by atoms with E-state index in [0.717, 1.165) is 0 Å². The molecule has 0 aliphatic heterocycles. The first-order chi connectivity index (χ1) is 6.22. The van der Waals surface area contributed by atoms with Crippen LogP contribution in [0.25, 0.3) is 0 Å². The molecule has 3 heteroatoms. The van der Waals surface area contributed by atoms with Gasteiger partial charge in [0, 0.05) is 16.3 Å². The molecule has 0 atom stereocenters. The predicted octanol–water partition coefficient (Wildman–Crippen LogP) is 2.90. The van der Waals surface area contributed by atoms with Crippen LogP contribution in [0.2, 0.25) is 0 Å². The maximum atomic E-state index is 5.68. The van der Waals surface area contributed by atoms with Crippen molar-refractivity contribution in [1.82, 2.24) is 0 Å². The Bertz CT molecular complexity index is 297. The second-order valence-corrected chi connectivity index (χ2v) is 4.53. The van der Waals surface area contributed by atoms with Crippen LogP contribution in [-0.2, 0) is 6.54 Å². The predicted molar refractivity (Wildman–Crippen MR) is 62.6 cm³/mol. The normalized spacial score (nSPS) is 10.5. The molecule has 1 aromatic rings. The van der Waals surface area contributed by atoms with E-state index in [-0.39, 0.29) is 0 Å². The first-order valence-corrected chi connectivity index (χ1v) is 6.59. The highest BCUT2D eigenvalue weighted by Gasteiger charge is 2.04. The zero-order valence-electron chi connectivity index (χ0n) is 8.26. The van der Waals surface area contributed by atoms with E-state index in [9.17, 15) is 0 Å². The maximum absolute atomic E-state index is 5.68. The monoisotopic (exact) mass is 213 g/mol. The minimum atomic E-state index is 0.629. The summed E-state index contributed by atoms with van der Waals surface area (Å²) in [6, 6.07) is 4.42. The van der Waals surface area contributed by atoms with Crippen LogP contribution in [0.3, 0.4) is 0 Å². The summed E-state index contributed by atoms with van der Waals surface area (Å²) in [6.45, 7) is 2.77. The Morgan fingerprint density at radius 2 is 1.77 bits per heavy atom. The molecule has 0 heterocycles. The molecule has 0 unspecified atom stereocenters. The molecule has 0 saturated carbocycles. The van der Waals surface area contributed by atoms with E-state index in [1.54, 1.807) is 23.5 Å². The Hall–Kier alpha value is -0.120. The molecule has 0 fully saturated rings. The third-order valence-electron chi connectivity index (χ3n) is 2.02. The van der Waals surface area contributed by atoms with Gasteiger partial charge in [-0.25, -0.2) is 0 Å². The fourth-order valence-electron chi connectivity index (χ4n) is 1.27. The second kappa shape index (κ2) is 4.94. The SMILES string of the molecule is CSc1cc(CN)c(SC)cc1C. The highest BCUT2D eigenvalue weighted by molar-refractivity contribution is 7.99. The first-order valence-electron chi connectivity index (χ1n) is 4.14. The van der Waals surface area contributed by atoms with Gasteiger partial charge in [-0.3, -0.25) is 0 Å². The number of hydrogen-bond donors (Lipinski definition) is 1. The number of thioether (sulfide) groups is 2. The van der Waals surface area contributed by atoms with Gasteiger partial charge in [0.2, 0.25) is 0 Å². The molecule has 13 heavy (non-hydrogen) atoms. The third kappa shape index (κ3) is 2.42. The van der Waals surface area contributed by atoms with Gasteiger partial charge in [-0.2, -0.15) is 0 Å². The molecule has 1 nitrogen and oxygen atoms in total. The quantitative estimate of drug-likeness (QED) is 0.782. The lowest BCUT2D eigenvalue weighted by Gasteiger charge is -2.10. The van der Waals surface area contributed by atoms with Crippen molar-refractivity contribution >= 4 is 23.5 Å². The smallest absolute Gasteiger partial charge is 0.0189 e. The Morgan fingerprint density at radius 1 is 1.15 bits per heavy atom. The van der Waals surface area contributed by atoms with Crippen molar-refractivity contribution in [3.8, 4) is 0 Å². The van der Waals surface area contributed by atoms with Crippen molar-refractivity contribution < 1.29 is 0 Å². The molecular formula is C10H15NS2. The molecule has 72 valence electrons. The lowest BCUT2D eigenvalue weighted by atomic mass is 10.1. The van der Waals surface area contributed by atoms with E-state index in [2.05, 4.69) is 31.6 Å². The number of aryl methyl sites for hydroxylation is 1. The van der Waals surface area contributed by atoms with E-state index in [1.807, 2.05) is 0 Å². The van der Waals surface area contributed by atoms with Crippen molar-refractivity contribution in [3.05, 3.63) is 23.3 Å². The second-order valence-electron chi connectivity index (χ2n) is 2.84. The van der Waals surface area contributed by atoms with Gasteiger partial charge in [0.05, 0.1) is 0 Å². The van der Waals surface area contributed by atoms with Crippen LogP contribution in [0.1, 0.15) is 11.1 Å². The average molecular weight is 213 g/mol. The van der Waals surface area contributed by atoms with E-state index < -0.39 is 0 Å². The Morgan fingerprint density at radius 3 is 2.23 bits per heavy atom. The van der Waals surface area contributed by atoms with Crippen molar-refractivity contribution in [2.24, 2.45) is 5.73 Å². The minimum absolute atomic E-state index is 0.629. The van der Waals surface area contributed by atoms with E-state index >= 15 is 0 Å². The summed E-state index contributed by atoms with van der Waals surface area (Å²) >= 11 is 3.54. The summed E-state index contributed by atoms with van der Waals surface area (Å²) in [4.78, 5) is 2.64. The zero-order valence-corrected chi connectivity index (χ0v) is 9.89. The fourth-order valence-corrected chi connectivity index (χ4v) is 2.61. The number of rotatable bonds is 3. The van der Waals surface area contributed by atoms with Gasteiger partial charge in [-0.1, -0.05) is 0 Å². The van der Waals surface area contributed by atoms with Crippen LogP contribution >= 0.6 is 23.5 Å². The molecule has 0 aliphatic carbocycles. The van der Waals surface area contributed by atoms with E-state index in [4.69, 9.17) is 5.73 Å². The van der Waals surface area contributed by atoms with Crippen LogP contribution in [0, 0.1) is 6.92 Å². The molecule has 0 aliphatic rings. The van der Waals surface area contributed by atoms with Gasteiger partial charge >= 0.3 is 0 Å². The van der Waals surface area contributed by atoms with Crippen molar-refractivity contribution in [2.45, 2.75) is 23.3 Å². The van der Waals surface area contributed by atoms with Gasteiger partial charge in [0.1, 0.15) is 0 Å².